The van der Waals surface area contributed by atoms with Crippen molar-refractivity contribution in [1.82, 2.24) is 5.32 Å². The maximum Gasteiger partial charge on any atom is 0.193 e. The highest BCUT2D eigenvalue weighted by Gasteiger charge is 2.42. The number of hydrogen-bond acceptors (Lipinski definition) is 2. The van der Waals surface area contributed by atoms with E-state index in [1.54, 1.807) is 0 Å². The molecule has 6 heteroatoms. The summed E-state index contributed by atoms with van der Waals surface area (Å²) < 4.78 is 7.33. The minimum atomic E-state index is -2.17. The lowest BCUT2D eigenvalue weighted by atomic mass is 10.0. The minimum Gasteiger partial charge on any atom is -0.408 e. The predicted molar refractivity (Wildman–Crippen MR) is 190 cm³/mol. The molecule has 0 bridgehead atoms. The fourth-order valence-corrected chi connectivity index (χ4v) is 9.27. The first-order valence-electron chi connectivity index (χ1n) is 14.7. The molecule has 220 valence electrons. The molecule has 0 unspecified atom stereocenters. The van der Waals surface area contributed by atoms with Gasteiger partial charge in [-0.2, -0.15) is 0 Å². The second kappa shape index (κ2) is 14.1. The summed E-state index contributed by atoms with van der Waals surface area (Å²) in [5, 5.41) is 10.7. The number of para-hydroxylation sites is 1. The normalized spacial score (nSPS) is 13.4. The van der Waals surface area contributed by atoms with Crippen molar-refractivity contribution in [1.29, 1.82) is 0 Å². The SMILES string of the molecule is Cc1ccccc1P(C[C@H](NC(=S)Nc1ccccc1)[C@H](O[Si](C)(C)C(C)(C)C)c1ccccc1)c1ccccc1C. The van der Waals surface area contributed by atoms with Crippen molar-refractivity contribution in [2.75, 3.05) is 11.5 Å². The number of anilines is 1. The van der Waals surface area contributed by atoms with Gasteiger partial charge < -0.3 is 15.1 Å². The molecule has 0 radical (unpaired) electrons. The maximum atomic E-state index is 7.33. The van der Waals surface area contributed by atoms with E-state index in [0.717, 1.165) is 11.8 Å². The molecule has 3 nitrogen and oxygen atoms in total. The van der Waals surface area contributed by atoms with Crippen LogP contribution in [0.25, 0.3) is 0 Å². The van der Waals surface area contributed by atoms with Crippen molar-refractivity contribution in [2.24, 2.45) is 0 Å². The minimum absolute atomic E-state index is 0.0597. The Hall–Kier alpha value is -2.82. The molecule has 0 aliphatic carbocycles. The van der Waals surface area contributed by atoms with Crippen LogP contribution in [0.5, 0.6) is 0 Å². The van der Waals surface area contributed by atoms with Crippen LogP contribution in [0.1, 0.15) is 43.6 Å². The largest absolute Gasteiger partial charge is 0.408 e. The molecule has 0 fully saturated rings. The Morgan fingerprint density at radius 2 is 1.24 bits per heavy atom. The molecule has 0 aliphatic rings. The van der Waals surface area contributed by atoms with Crippen LogP contribution in [0.3, 0.4) is 0 Å². The summed E-state index contributed by atoms with van der Waals surface area (Å²) >= 11 is 5.97. The highest BCUT2D eigenvalue weighted by atomic mass is 32.1. The molecule has 0 spiro atoms. The average Bonchev–Trinajstić information content (AvgIpc) is 2.95. The van der Waals surface area contributed by atoms with E-state index in [1.165, 1.54) is 27.3 Å². The first kappa shape index (κ1) is 32.1. The molecule has 2 atom stereocenters. The van der Waals surface area contributed by atoms with Gasteiger partial charge in [0.05, 0.1) is 12.1 Å². The third kappa shape index (κ3) is 8.17. The molecule has 2 N–H and O–H groups in total. The first-order chi connectivity index (χ1) is 20.0. The van der Waals surface area contributed by atoms with Crippen LogP contribution in [0.2, 0.25) is 18.1 Å². The average molecular weight is 613 g/mol. The number of aryl methyl sites for hydroxylation is 2. The van der Waals surface area contributed by atoms with Gasteiger partial charge in [-0.1, -0.05) is 118 Å². The van der Waals surface area contributed by atoms with Gasteiger partial charge in [0, 0.05) is 5.69 Å². The molecule has 0 aromatic heterocycles. The van der Waals surface area contributed by atoms with Crippen LogP contribution in [0.15, 0.2) is 109 Å². The van der Waals surface area contributed by atoms with Gasteiger partial charge in [-0.15, -0.1) is 0 Å². The van der Waals surface area contributed by atoms with Crippen molar-refractivity contribution in [2.45, 2.75) is 64.9 Å². The Bertz CT molecular complexity index is 1410. The number of hydrogen-bond donors (Lipinski definition) is 2. The van der Waals surface area contributed by atoms with E-state index in [9.17, 15) is 0 Å². The summed E-state index contributed by atoms with van der Waals surface area (Å²) in [5.41, 5.74) is 4.77. The Balaban J connectivity index is 1.82. The third-order valence-corrected chi connectivity index (χ3v) is 15.9. The number of benzene rings is 4. The van der Waals surface area contributed by atoms with E-state index in [-0.39, 0.29) is 17.2 Å². The predicted octanol–water partition coefficient (Wildman–Crippen LogP) is 8.85. The topological polar surface area (TPSA) is 33.3 Å². The summed E-state index contributed by atoms with van der Waals surface area (Å²) in [6, 6.07) is 38.4. The fourth-order valence-electron chi connectivity index (χ4n) is 4.85. The highest BCUT2D eigenvalue weighted by Crippen LogP contribution is 2.44. The second-order valence-corrected chi connectivity index (χ2v) is 19.8. The molecular formula is C36H45N2OPSSi. The molecule has 0 heterocycles. The van der Waals surface area contributed by atoms with Gasteiger partial charge in [0.1, 0.15) is 0 Å². The fraction of sp³-hybridized carbons (Fsp3) is 0.306. The quantitative estimate of drug-likeness (QED) is 0.107. The van der Waals surface area contributed by atoms with Crippen molar-refractivity contribution < 1.29 is 4.43 Å². The lowest BCUT2D eigenvalue weighted by Crippen LogP contribution is -2.50. The van der Waals surface area contributed by atoms with Gasteiger partial charge in [0.25, 0.3) is 0 Å². The molecule has 42 heavy (non-hydrogen) atoms. The number of rotatable bonds is 10. The van der Waals surface area contributed by atoms with Gasteiger partial charge in [-0.25, -0.2) is 0 Å². The molecule has 0 saturated carbocycles. The zero-order valence-corrected chi connectivity index (χ0v) is 28.7. The molecule has 4 aromatic rings. The van der Waals surface area contributed by atoms with Gasteiger partial charge in [-0.3, -0.25) is 0 Å². The molecule has 0 amide bonds. The van der Waals surface area contributed by atoms with Gasteiger partial charge in [-0.05, 0) is 97.7 Å². The van der Waals surface area contributed by atoms with E-state index >= 15 is 0 Å². The Labute approximate surface area is 261 Å². The lowest BCUT2D eigenvalue weighted by molar-refractivity contribution is 0.154. The first-order valence-corrected chi connectivity index (χ1v) is 19.5. The summed E-state index contributed by atoms with van der Waals surface area (Å²) in [6.07, 6.45) is 0.691. The van der Waals surface area contributed by atoms with Crippen molar-refractivity contribution in [3.05, 3.63) is 126 Å². The Morgan fingerprint density at radius 1 is 0.762 bits per heavy atom. The molecule has 0 saturated heterocycles. The monoisotopic (exact) mass is 612 g/mol. The molecule has 4 rings (SSSR count). The van der Waals surface area contributed by atoms with Gasteiger partial charge in [0.2, 0.25) is 0 Å². The van der Waals surface area contributed by atoms with E-state index in [1.807, 2.05) is 30.3 Å². The molecule has 4 aromatic carbocycles. The third-order valence-electron chi connectivity index (χ3n) is 8.26. The van der Waals surface area contributed by atoms with Crippen molar-refractivity contribution in [3.8, 4) is 0 Å². The standard InChI is InChI=1S/C36H45N2OPSSi/c1-27-18-14-16-24-32(27)40(33-25-17-15-19-28(33)2)26-31(38-35(41)37-30-22-12-9-13-23-30)34(29-20-10-8-11-21-29)39-42(6,7)36(3,4)5/h8-25,31,34H,26H2,1-7H3,(H2,37,38,41)/t31-,34+/m0/s1. The number of nitrogens with one attached hydrogen (secondary N) is 2. The van der Waals surface area contributed by atoms with Crippen LogP contribution in [0.4, 0.5) is 5.69 Å². The van der Waals surface area contributed by atoms with Crippen LogP contribution >= 0.6 is 20.1 Å². The van der Waals surface area contributed by atoms with Crippen LogP contribution in [-0.2, 0) is 4.43 Å². The second-order valence-electron chi connectivity index (χ2n) is 12.5. The number of thiocarbonyl (C=S) groups is 1. The maximum absolute atomic E-state index is 7.33. The zero-order valence-electron chi connectivity index (χ0n) is 26.0. The van der Waals surface area contributed by atoms with E-state index < -0.39 is 16.2 Å². The summed E-state index contributed by atoms with van der Waals surface area (Å²) in [6.45, 7) is 16.1. The van der Waals surface area contributed by atoms with E-state index in [4.69, 9.17) is 16.6 Å². The summed E-state index contributed by atoms with van der Waals surface area (Å²) in [7, 11) is -2.90. The lowest BCUT2D eigenvalue weighted by Gasteiger charge is -2.43. The zero-order chi connectivity index (χ0) is 30.3. The van der Waals surface area contributed by atoms with Crippen LogP contribution < -0.4 is 21.2 Å². The molecular weight excluding hydrogens is 568 g/mol. The van der Waals surface area contributed by atoms with Crippen LogP contribution in [-0.4, -0.2) is 25.6 Å². The summed E-state index contributed by atoms with van der Waals surface area (Å²) in [4.78, 5) is 0. The van der Waals surface area contributed by atoms with Gasteiger partial charge >= 0.3 is 0 Å². The van der Waals surface area contributed by atoms with Crippen LogP contribution in [0, 0.1) is 13.8 Å². The summed E-state index contributed by atoms with van der Waals surface area (Å²) in [5.74, 6) is 0. The highest BCUT2D eigenvalue weighted by molar-refractivity contribution is 7.80. The van der Waals surface area contributed by atoms with Crippen molar-refractivity contribution in [3.63, 3.8) is 0 Å². The van der Waals surface area contributed by atoms with Gasteiger partial charge in [0.15, 0.2) is 13.4 Å². The van der Waals surface area contributed by atoms with E-state index in [0.29, 0.717) is 5.11 Å². The van der Waals surface area contributed by atoms with Crippen molar-refractivity contribution >= 4 is 49.9 Å². The Kier molecular flexibility index (Phi) is 10.8. The smallest absolute Gasteiger partial charge is 0.193 e. The Morgan fingerprint density at radius 3 is 1.74 bits per heavy atom. The van der Waals surface area contributed by atoms with E-state index in [2.05, 4.69) is 137 Å². The molecule has 0 aliphatic heterocycles.